The van der Waals surface area contributed by atoms with Gasteiger partial charge in [0.1, 0.15) is 6.04 Å². The first-order valence-electron chi connectivity index (χ1n) is 4.73. The van der Waals surface area contributed by atoms with Gasteiger partial charge < -0.3 is 15.2 Å². The molecule has 2 N–H and O–H groups in total. The lowest BCUT2D eigenvalue weighted by atomic mass is 10.2. The highest BCUT2D eigenvalue weighted by atomic mass is 16.5. The fourth-order valence-electron chi connectivity index (χ4n) is 0.988. The van der Waals surface area contributed by atoms with Gasteiger partial charge in [-0.05, 0) is 13.3 Å². The molecule has 0 amide bonds. The summed E-state index contributed by atoms with van der Waals surface area (Å²) in [6.45, 7) is 4.20. The fourth-order valence-corrected chi connectivity index (χ4v) is 0.988. The molecule has 0 aromatic rings. The van der Waals surface area contributed by atoms with Crippen LogP contribution in [0.25, 0.3) is 0 Å². The molecule has 0 rings (SSSR count). The first-order valence-corrected chi connectivity index (χ1v) is 4.73. The molecule has 1 atom stereocenters. The van der Waals surface area contributed by atoms with Crippen molar-refractivity contribution in [3.63, 3.8) is 0 Å². The van der Waals surface area contributed by atoms with Crippen LogP contribution in [0.15, 0.2) is 0 Å². The van der Waals surface area contributed by atoms with Crippen LogP contribution in [0.2, 0.25) is 0 Å². The summed E-state index contributed by atoms with van der Waals surface area (Å²) in [7, 11) is 0. The summed E-state index contributed by atoms with van der Waals surface area (Å²) >= 11 is 0. The summed E-state index contributed by atoms with van der Waals surface area (Å²) in [5, 5.41) is 11.4. The summed E-state index contributed by atoms with van der Waals surface area (Å²) < 4.78 is 4.69. The van der Waals surface area contributed by atoms with Gasteiger partial charge in [-0.2, -0.15) is 0 Å². The van der Waals surface area contributed by atoms with Crippen molar-refractivity contribution in [1.29, 1.82) is 0 Å². The number of rotatable bonds is 7. The lowest BCUT2D eigenvalue weighted by molar-refractivity contribution is -0.144. The summed E-state index contributed by atoms with van der Waals surface area (Å²) in [5.74, 6) is -1.20. The molecule has 0 aromatic heterocycles. The van der Waals surface area contributed by atoms with Crippen LogP contribution in [-0.2, 0) is 14.3 Å². The molecule has 0 fully saturated rings. The number of aliphatic carboxylic acids is 1. The van der Waals surface area contributed by atoms with Gasteiger partial charge in [-0.3, -0.25) is 9.59 Å². The minimum atomic E-state index is -0.892. The molecule has 5 nitrogen and oxygen atoms in total. The Balaban J connectivity index is 3.61. The Bertz CT molecular complexity index is 193. The lowest BCUT2D eigenvalue weighted by Crippen LogP contribution is -2.37. The van der Waals surface area contributed by atoms with Crippen molar-refractivity contribution in [2.45, 2.75) is 32.7 Å². The highest BCUT2D eigenvalue weighted by molar-refractivity contribution is 5.73. The van der Waals surface area contributed by atoms with Gasteiger partial charge in [0.2, 0.25) is 0 Å². The average molecular weight is 203 g/mol. The quantitative estimate of drug-likeness (QED) is 0.585. The van der Waals surface area contributed by atoms with E-state index in [1.54, 1.807) is 13.8 Å². The van der Waals surface area contributed by atoms with Crippen molar-refractivity contribution >= 4 is 11.9 Å². The second-order valence-electron chi connectivity index (χ2n) is 2.81. The zero-order valence-electron chi connectivity index (χ0n) is 8.58. The second kappa shape index (κ2) is 7.32. The first-order chi connectivity index (χ1) is 6.61. The Morgan fingerprint density at radius 1 is 1.43 bits per heavy atom. The van der Waals surface area contributed by atoms with E-state index in [9.17, 15) is 9.59 Å². The van der Waals surface area contributed by atoms with E-state index in [0.29, 0.717) is 19.6 Å². The number of carboxylic acid groups (broad SMARTS) is 1. The molecule has 0 bridgehead atoms. The Morgan fingerprint density at radius 2 is 2.07 bits per heavy atom. The normalized spacial score (nSPS) is 12.1. The molecular formula is C9H17NO4. The third kappa shape index (κ3) is 5.53. The molecule has 0 spiro atoms. The molecular weight excluding hydrogens is 186 g/mol. The third-order valence-corrected chi connectivity index (χ3v) is 1.73. The molecule has 0 aromatic carbocycles. The largest absolute Gasteiger partial charge is 0.480 e. The Hall–Kier alpha value is -1.10. The highest BCUT2D eigenvalue weighted by Crippen LogP contribution is 1.92. The van der Waals surface area contributed by atoms with Gasteiger partial charge in [0, 0.05) is 6.54 Å². The number of esters is 1. The molecule has 0 saturated heterocycles. The van der Waals surface area contributed by atoms with Crippen molar-refractivity contribution in [3.8, 4) is 0 Å². The molecule has 0 radical (unpaired) electrons. The van der Waals surface area contributed by atoms with E-state index in [2.05, 4.69) is 5.32 Å². The van der Waals surface area contributed by atoms with Crippen LogP contribution in [-0.4, -0.2) is 36.2 Å². The smallest absolute Gasteiger partial charge is 0.320 e. The van der Waals surface area contributed by atoms with Gasteiger partial charge in [0.15, 0.2) is 0 Å². The predicted molar refractivity (Wildman–Crippen MR) is 51.0 cm³/mol. The molecule has 0 heterocycles. The van der Waals surface area contributed by atoms with E-state index in [4.69, 9.17) is 9.84 Å². The zero-order chi connectivity index (χ0) is 11.0. The third-order valence-electron chi connectivity index (χ3n) is 1.73. The van der Waals surface area contributed by atoms with Gasteiger partial charge in [-0.25, -0.2) is 0 Å². The molecule has 14 heavy (non-hydrogen) atoms. The van der Waals surface area contributed by atoms with Crippen molar-refractivity contribution in [2.75, 3.05) is 13.2 Å². The SMILES string of the molecule is CCOC(=O)CCNC(CC)C(=O)O. The number of carboxylic acids is 1. The van der Waals surface area contributed by atoms with Gasteiger partial charge in [0.05, 0.1) is 13.0 Å². The maximum Gasteiger partial charge on any atom is 0.320 e. The van der Waals surface area contributed by atoms with Crippen molar-refractivity contribution in [1.82, 2.24) is 5.32 Å². The van der Waals surface area contributed by atoms with Crippen molar-refractivity contribution in [2.24, 2.45) is 0 Å². The standard InChI is InChI=1S/C9H17NO4/c1-3-7(9(12)13)10-6-5-8(11)14-4-2/h7,10H,3-6H2,1-2H3,(H,12,13). The van der Waals surface area contributed by atoms with E-state index >= 15 is 0 Å². The maximum absolute atomic E-state index is 10.9. The second-order valence-corrected chi connectivity index (χ2v) is 2.81. The van der Waals surface area contributed by atoms with Gasteiger partial charge >= 0.3 is 11.9 Å². The zero-order valence-corrected chi connectivity index (χ0v) is 8.58. The van der Waals surface area contributed by atoms with E-state index in [0.717, 1.165) is 0 Å². The minimum Gasteiger partial charge on any atom is -0.480 e. The summed E-state index contributed by atoms with van der Waals surface area (Å²) in [6, 6.07) is -0.579. The highest BCUT2D eigenvalue weighted by Gasteiger charge is 2.13. The Morgan fingerprint density at radius 3 is 2.50 bits per heavy atom. The molecule has 1 unspecified atom stereocenters. The van der Waals surface area contributed by atoms with Crippen LogP contribution in [0.3, 0.4) is 0 Å². The molecule has 5 heteroatoms. The Labute approximate surface area is 83.4 Å². The van der Waals surface area contributed by atoms with Crippen LogP contribution >= 0.6 is 0 Å². The maximum atomic E-state index is 10.9. The molecule has 82 valence electrons. The minimum absolute atomic E-state index is 0.206. The summed E-state index contributed by atoms with van der Waals surface area (Å²) in [6.07, 6.45) is 0.704. The van der Waals surface area contributed by atoms with Gasteiger partial charge in [-0.1, -0.05) is 6.92 Å². The van der Waals surface area contributed by atoms with Crippen molar-refractivity contribution in [3.05, 3.63) is 0 Å². The van der Waals surface area contributed by atoms with Crippen LogP contribution in [0, 0.1) is 0 Å². The number of nitrogens with one attached hydrogen (secondary N) is 1. The lowest BCUT2D eigenvalue weighted by Gasteiger charge is -2.11. The van der Waals surface area contributed by atoms with Gasteiger partial charge in [-0.15, -0.1) is 0 Å². The fraction of sp³-hybridized carbons (Fsp3) is 0.778. The average Bonchev–Trinajstić information content (AvgIpc) is 2.12. The predicted octanol–water partition coefficient (Wildman–Crippen LogP) is 0.392. The van der Waals surface area contributed by atoms with Crippen LogP contribution in [0.5, 0.6) is 0 Å². The van der Waals surface area contributed by atoms with Crippen LogP contribution in [0.4, 0.5) is 0 Å². The van der Waals surface area contributed by atoms with E-state index < -0.39 is 12.0 Å². The van der Waals surface area contributed by atoms with E-state index in [1.807, 2.05) is 0 Å². The van der Waals surface area contributed by atoms with Crippen LogP contribution < -0.4 is 5.32 Å². The number of hydrogen-bond acceptors (Lipinski definition) is 4. The number of carbonyl (C=O) groups is 2. The molecule has 0 aliphatic heterocycles. The molecule has 0 saturated carbocycles. The number of hydrogen-bond donors (Lipinski definition) is 2. The number of carbonyl (C=O) groups excluding carboxylic acids is 1. The van der Waals surface area contributed by atoms with E-state index in [-0.39, 0.29) is 12.4 Å². The van der Waals surface area contributed by atoms with Gasteiger partial charge in [0.25, 0.3) is 0 Å². The van der Waals surface area contributed by atoms with Crippen LogP contribution in [0.1, 0.15) is 26.7 Å². The summed E-state index contributed by atoms with van der Waals surface area (Å²) in [5.41, 5.74) is 0. The molecule has 0 aliphatic carbocycles. The number of ether oxygens (including phenoxy) is 1. The molecule has 0 aliphatic rings. The van der Waals surface area contributed by atoms with Crippen molar-refractivity contribution < 1.29 is 19.4 Å². The monoisotopic (exact) mass is 203 g/mol. The van der Waals surface area contributed by atoms with E-state index in [1.165, 1.54) is 0 Å². The summed E-state index contributed by atoms with van der Waals surface area (Å²) in [4.78, 5) is 21.4. The topological polar surface area (TPSA) is 75.6 Å². The Kier molecular flexibility index (Phi) is 6.74. The first kappa shape index (κ1) is 12.9.